The smallest absolute Gasteiger partial charge is 0.0489 e. The summed E-state index contributed by atoms with van der Waals surface area (Å²) in [6.07, 6.45) is 7.51. The third kappa shape index (κ3) is 2.18. The molecule has 102 valence electrons. The van der Waals surface area contributed by atoms with Gasteiger partial charge in [0.2, 0.25) is 0 Å². The van der Waals surface area contributed by atoms with Crippen LogP contribution < -0.4 is 5.32 Å². The lowest BCUT2D eigenvalue weighted by atomic mass is 9.93. The molecule has 3 rings (SSSR count). The minimum atomic E-state index is 0.704. The number of H-pyrrole nitrogens is 1. The first-order chi connectivity index (χ1) is 9.20. The Morgan fingerprint density at radius 2 is 2.00 bits per heavy atom. The van der Waals surface area contributed by atoms with Crippen LogP contribution in [0.25, 0.3) is 10.9 Å². The molecule has 1 aromatic heterocycles. The molecule has 2 atom stereocenters. The molecule has 1 fully saturated rings. The zero-order valence-corrected chi connectivity index (χ0v) is 12.2. The van der Waals surface area contributed by atoms with Gasteiger partial charge >= 0.3 is 0 Å². The maximum absolute atomic E-state index is 3.49. The van der Waals surface area contributed by atoms with E-state index in [1.54, 1.807) is 0 Å². The van der Waals surface area contributed by atoms with E-state index in [0.717, 1.165) is 5.92 Å². The van der Waals surface area contributed by atoms with Gasteiger partial charge in [-0.25, -0.2) is 0 Å². The van der Waals surface area contributed by atoms with Crippen molar-refractivity contribution in [1.29, 1.82) is 0 Å². The van der Waals surface area contributed by atoms with Crippen LogP contribution in [0.2, 0.25) is 0 Å². The van der Waals surface area contributed by atoms with Crippen molar-refractivity contribution >= 4 is 10.9 Å². The molecule has 0 aliphatic heterocycles. The second-order valence-corrected chi connectivity index (χ2v) is 6.05. The lowest BCUT2D eigenvalue weighted by molar-refractivity contribution is 0.424. The van der Waals surface area contributed by atoms with Gasteiger partial charge in [-0.3, -0.25) is 0 Å². The molecule has 0 bridgehead atoms. The van der Waals surface area contributed by atoms with Gasteiger partial charge in [-0.2, -0.15) is 0 Å². The molecule has 2 N–H and O–H groups in total. The molecule has 2 heteroatoms. The summed E-state index contributed by atoms with van der Waals surface area (Å²) in [7, 11) is 2.10. The number of aromatic nitrogens is 1. The maximum atomic E-state index is 3.49. The van der Waals surface area contributed by atoms with Crippen LogP contribution in [0, 0.1) is 19.8 Å². The van der Waals surface area contributed by atoms with Crippen LogP contribution >= 0.6 is 0 Å². The fourth-order valence-electron chi connectivity index (χ4n) is 3.75. The normalized spacial score (nSPS) is 23.3. The summed E-state index contributed by atoms with van der Waals surface area (Å²) in [6.45, 7) is 4.41. The fraction of sp³-hybridized carbons (Fsp3) is 0.529. The fourth-order valence-corrected chi connectivity index (χ4v) is 3.75. The van der Waals surface area contributed by atoms with Crippen molar-refractivity contribution in [2.75, 3.05) is 7.05 Å². The molecule has 0 saturated heterocycles. The highest BCUT2D eigenvalue weighted by atomic mass is 14.9. The quantitative estimate of drug-likeness (QED) is 0.860. The first-order valence-corrected chi connectivity index (χ1v) is 7.44. The number of fused-ring (bicyclic) bond motifs is 1. The molecule has 1 aromatic carbocycles. The second-order valence-electron chi connectivity index (χ2n) is 6.05. The molecular weight excluding hydrogens is 232 g/mol. The van der Waals surface area contributed by atoms with Gasteiger partial charge in [0.25, 0.3) is 0 Å². The van der Waals surface area contributed by atoms with E-state index in [9.17, 15) is 0 Å². The van der Waals surface area contributed by atoms with Crippen LogP contribution in [-0.2, 0) is 6.42 Å². The summed E-state index contributed by atoms with van der Waals surface area (Å²) in [5, 5.41) is 4.95. The van der Waals surface area contributed by atoms with Crippen molar-refractivity contribution in [1.82, 2.24) is 10.3 Å². The predicted octanol–water partition coefficient (Wildman–Crippen LogP) is 3.72. The SMILES string of the molecule is CNC1CCCC1Cc1c[nH]c2c(C)ccc(C)c12. The van der Waals surface area contributed by atoms with Crippen molar-refractivity contribution in [3.63, 3.8) is 0 Å². The van der Waals surface area contributed by atoms with Crippen molar-refractivity contribution in [3.05, 3.63) is 35.0 Å². The van der Waals surface area contributed by atoms with E-state index >= 15 is 0 Å². The Kier molecular flexibility index (Phi) is 3.36. The number of hydrogen-bond acceptors (Lipinski definition) is 1. The Morgan fingerprint density at radius 1 is 1.21 bits per heavy atom. The van der Waals surface area contributed by atoms with E-state index in [1.807, 2.05) is 0 Å². The standard InChI is InChI=1S/C17H24N2/c1-11-7-8-12(2)17-16(11)14(10-19-17)9-13-5-4-6-15(13)18-3/h7-8,10,13,15,18-19H,4-6,9H2,1-3H3. The summed E-state index contributed by atoms with van der Waals surface area (Å²) < 4.78 is 0. The Morgan fingerprint density at radius 3 is 2.79 bits per heavy atom. The van der Waals surface area contributed by atoms with Crippen molar-refractivity contribution in [2.24, 2.45) is 5.92 Å². The Hall–Kier alpha value is -1.28. The van der Waals surface area contributed by atoms with E-state index in [1.165, 1.54) is 53.3 Å². The molecular formula is C17H24N2. The average molecular weight is 256 g/mol. The van der Waals surface area contributed by atoms with E-state index in [2.05, 4.69) is 49.5 Å². The molecule has 1 aliphatic carbocycles. The lowest BCUT2D eigenvalue weighted by Gasteiger charge is -2.18. The monoisotopic (exact) mass is 256 g/mol. The summed E-state index contributed by atoms with van der Waals surface area (Å²) in [5.74, 6) is 0.795. The van der Waals surface area contributed by atoms with Crippen LogP contribution in [-0.4, -0.2) is 18.1 Å². The van der Waals surface area contributed by atoms with Crippen LogP contribution in [0.15, 0.2) is 18.3 Å². The first-order valence-electron chi connectivity index (χ1n) is 7.44. The van der Waals surface area contributed by atoms with Crippen molar-refractivity contribution < 1.29 is 0 Å². The molecule has 1 saturated carbocycles. The lowest BCUT2D eigenvalue weighted by Crippen LogP contribution is -2.29. The molecule has 0 radical (unpaired) electrons. The van der Waals surface area contributed by atoms with E-state index in [4.69, 9.17) is 0 Å². The zero-order valence-electron chi connectivity index (χ0n) is 12.2. The number of rotatable bonds is 3. The van der Waals surface area contributed by atoms with Crippen molar-refractivity contribution in [2.45, 2.75) is 45.6 Å². The molecule has 1 heterocycles. The van der Waals surface area contributed by atoms with Gasteiger partial charge in [-0.1, -0.05) is 18.6 Å². The number of hydrogen-bond donors (Lipinski definition) is 2. The summed E-state index contributed by atoms with van der Waals surface area (Å²) in [6, 6.07) is 5.17. The van der Waals surface area contributed by atoms with Crippen molar-refractivity contribution in [3.8, 4) is 0 Å². The van der Waals surface area contributed by atoms with Gasteiger partial charge in [0.1, 0.15) is 0 Å². The summed E-state index contributed by atoms with van der Waals surface area (Å²) in [4.78, 5) is 3.48. The third-order valence-corrected chi connectivity index (χ3v) is 4.85. The maximum Gasteiger partial charge on any atom is 0.0489 e. The molecule has 2 unspecified atom stereocenters. The number of aromatic amines is 1. The molecule has 2 nitrogen and oxygen atoms in total. The predicted molar refractivity (Wildman–Crippen MR) is 81.7 cm³/mol. The molecule has 2 aromatic rings. The molecule has 19 heavy (non-hydrogen) atoms. The Bertz CT molecular complexity index is 582. The number of aryl methyl sites for hydroxylation is 2. The average Bonchev–Trinajstić information content (AvgIpc) is 3.02. The second kappa shape index (κ2) is 5.01. The van der Waals surface area contributed by atoms with Gasteiger partial charge in [0.15, 0.2) is 0 Å². The Balaban J connectivity index is 1.95. The van der Waals surface area contributed by atoms with E-state index in [0.29, 0.717) is 6.04 Å². The highest BCUT2D eigenvalue weighted by Crippen LogP contribution is 2.32. The van der Waals surface area contributed by atoms with E-state index < -0.39 is 0 Å². The van der Waals surface area contributed by atoms with Gasteiger partial charge < -0.3 is 10.3 Å². The van der Waals surface area contributed by atoms with Gasteiger partial charge in [0, 0.05) is 23.1 Å². The highest BCUT2D eigenvalue weighted by Gasteiger charge is 2.26. The summed E-state index contributed by atoms with van der Waals surface area (Å²) >= 11 is 0. The third-order valence-electron chi connectivity index (χ3n) is 4.85. The van der Waals surface area contributed by atoms with Gasteiger partial charge in [0.05, 0.1) is 0 Å². The van der Waals surface area contributed by atoms with Gasteiger partial charge in [-0.15, -0.1) is 0 Å². The number of benzene rings is 1. The van der Waals surface area contributed by atoms with Crippen LogP contribution in [0.3, 0.4) is 0 Å². The summed E-state index contributed by atoms with van der Waals surface area (Å²) in [5.41, 5.74) is 5.58. The number of nitrogens with one attached hydrogen (secondary N) is 2. The molecule has 0 spiro atoms. The Labute approximate surface area is 115 Å². The largest absolute Gasteiger partial charge is 0.361 e. The first kappa shape index (κ1) is 12.7. The van der Waals surface area contributed by atoms with Gasteiger partial charge in [-0.05, 0) is 62.8 Å². The zero-order chi connectivity index (χ0) is 13.4. The minimum Gasteiger partial charge on any atom is -0.361 e. The van der Waals surface area contributed by atoms with E-state index in [-0.39, 0.29) is 0 Å². The molecule has 0 amide bonds. The highest BCUT2D eigenvalue weighted by molar-refractivity contribution is 5.89. The van der Waals surface area contributed by atoms with Crippen LogP contribution in [0.4, 0.5) is 0 Å². The minimum absolute atomic E-state index is 0.704. The van der Waals surface area contributed by atoms with Crippen LogP contribution in [0.1, 0.15) is 36.0 Å². The van der Waals surface area contributed by atoms with Crippen LogP contribution in [0.5, 0.6) is 0 Å². The molecule has 1 aliphatic rings. The topological polar surface area (TPSA) is 27.8 Å².